The highest BCUT2D eigenvalue weighted by Gasteiger charge is 2.36. The summed E-state index contributed by atoms with van der Waals surface area (Å²) >= 11 is 2.36. The van der Waals surface area contributed by atoms with Gasteiger partial charge in [0.05, 0.1) is 0 Å². The molecule has 0 aromatic heterocycles. The first-order valence-corrected chi connectivity index (χ1v) is 7.63. The van der Waals surface area contributed by atoms with Crippen LogP contribution in [0.1, 0.15) is 24.8 Å². The third-order valence-electron chi connectivity index (χ3n) is 4.09. The van der Waals surface area contributed by atoms with E-state index in [1.54, 1.807) is 0 Å². The Hall–Kier alpha value is -0.130. The van der Waals surface area contributed by atoms with E-state index in [0.717, 1.165) is 18.6 Å². The standard InChI is InChI=1S/C14H19IN2/c15-12-5-3-11(4-6-12)10-16-13-7-9-17-8-1-2-14(13)17/h3-6,13-14,16H,1-2,7-10H2. The van der Waals surface area contributed by atoms with Crippen LogP contribution in [0.4, 0.5) is 0 Å². The van der Waals surface area contributed by atoms with Crippen LogP contribution in [0.15, 0.2) is 24.3 Å². The second-order valence-electron chi connectivity index (χ2n) is 5.15. The molecular formula is C14H19IN2. The van der Waals surface area contributed by atoms with E-state index in [4.69, 9.17) is 0 Å². The number of hydrogen-bond acceptors (Lipinski definition) is 2. The number of nitrogens with one attached hydrogen (secondary N) is 1. The predicted octanol–water partition coefficient (Wildman–Crippen LogP) is 2.62. The van der Waals surface area contributed by atoms with Crippen molar-refractivity contribution in [1.82, 2.24) is 10.2 Å². The molecule has 0 saturated carbocycles. The Morgan fingerprint density at radius 2 is 2.00 bits per heavy atom. The van der Waals surface area contributed by atoms with Crippen molar-refractivity contribution >= 4 is 22.6 Å². The van der Waals surface area contributed by atoms with Gasteiger partial charge in [-0.1, -0.05) is 12.1 Å². The molecule has 0 spiro atoms. The number of rotatable bonds is 3. The van der Waals surface area contributed by atoms with Gasteiger partial charge in [-0.3, -0.25) is 4.90 Å². The molecule has 1 aromatic carbocycles. The van der Waals surface area contributed by atoms with E-state index in [2.05, 4.69) is 57.1 Å². The van der Waals surface area contributed by atoms with Gasteiger partial charge in [-0.15, -0.1) is 0 Å². The second-order valence-corrected chi connectivity index (χ2v) is 6.39. The fourth-order valence-corrected chi connectivity index (χ4v) is 3.53. The van der Waals surface area contributed by atoms with Gasteiger partial charge in [-0.25, -0.2) is 0 Å². The topological polar surface area (TPSA) is 15.3 Å². The Balaban J connectivity index is 1.56. The molecule has 17 heavy (non-hydrogen) atoms. The summed E-state index contributed by atoms with van der Waals surface area (Å²) < 4.78 is 1.31. The Morgan fingerprint density at radius 3 is 2.82 bits per heavy atom. The third-order valence-corrected chi connectivity index (χ3v) is 4.81. The highest BCUT2D eigenvalue weighted by molar-refractivity contribution is 14.1. The van der Waals surface area contributed by atoms with Gasteiger partial charge in [0.15, 0.2) is 0 Å². The molecular weight excluding hydrogens is 323 g/mol. The van der Waals surface area contributed by atoms with Crippen LogP contribution in [0, 0.1) is 3.57 Å². The quantitative estimate of drug-likeness (QED) is 0.850. The fraction of sp³-hybridized carbons (Fsp3) is 0.571. The predicted molar refractivity (Wildman–Crippen MR) is 79.0 cm³/mol. The van der Waals surface area contributed by atoms with Crippen molar-refractivity contribution < 1.29 is 0 Å². The molecule has 2 aliphatic heterocycles. The van der Waals surface area contributed by atoms with E-state index in [9.17, 15) is 0 Å². The Morgan fingerprint density at radius 1 is 1.18 bits per heavy atom. The first-order valence-electron chi connectivity index (χ1n) is 6.55. The van der Waals surface area contributed by atoms with Crippen molar-refractivity contribution in [2.75, 3.05) is 13.1 Å². The maximum absolute atomic E-state index is 3.74. The first-order chi connectivity index (χ1) is 8.33. The van der Waals surface area contributed by atoms with Crippen LogP contribution in [-0.2, 0) is 6.54 Å². The van der Waals surface area contributed by atoms with Crippen LogP contribution in [0.5, 0.6) is 0 Å². The number of halogens is 1. The average Bonchev–Trinajstić information content (AvgIpc) is 2.91. The second kappa shape index (κ2) is 5.24. The van der Waals surface area contributed by atoms with Gasteiger partial charge in [0.25, 0.3) is 0 Å². The van der Waals surface area contributed by atoms with Gasteiger partial charge in [0, 0.05) is 28.7 Å². The van der Waals surface area contributed by atoms with E-state index in [0.29, 0.717) is 0 Å². The number of nitrogens with zero attached hydrogens (tertiary/aromatic N) is 1. The van der Waals surface area contributed by atoms with Crippen LogP contribution in [-0.4, -0.2) is 30.1 Å². The van der Waals surface area contributed by atoms with Crippen LogP contribution in [0.25, 0.3) is 0 Å². The van der Waals surface area contributed by atoms with Crippen LogP contribution in [0.2, 0.25) is 0 Å². The lowest BCUT2D eigenvalue weighted by molar-refractivity contribution is 0.298. The van der Waals surface area contributed by atoms with Crippen molar-refractivity contribution in [3.05, 3.63) is 33.4 Å². The van der Waals surface area contributed by atoms with Gasteiger partial charge in [0.2, 0.25) is 0 Å². The molecule has 2 saturated heterocycles. The maximum atomic E-state index is 3.74. The van der Waals surface area contributed by atoms with E-state index >= 15 is 0 Å². The minimum Gasteiger partial charge on any atom is -0.308 e. The molecule has 3 rings (SSSR count). The van der Waals surface area contributed by atoms with Gasteiger partial charge in [0.1, 0.15) is 0 Å². The molecule has 2 atom stereocenters. The van der Waals surface area contributed by atoms with E-state index in [-0.39, 0.29) is 0 Å². The highest BCUT2D eigenvalue weighted by Crippen LogP contribution is 2.28. The minimum absolute atomic E-state index is 0.719. The number of hydrogen-bond donors (Lipinski definition) is 1. The molecule has 0 bridgehead atoms. The summed E-state index contributed by atoms with van der Waals surface area (Å²) in [6, 6.07) is 10.4. The summed E-state index contributed by atoms with van der Waals surface area (Å²) in [4.78, 5) is 2.66. The largest absolute Gasteiger partial charge is 0.308 e. The zero-order valence-electron chi connectivity index (χ0n) is 10.0. The van der Waals surface area contributed by atoms with Gasteiger partial charge in [-0.05, 0) is 66.1 Å². The molecule has 2 nitrogen and oxygen atoms in total. The normalized spacial score (nSPS) is 28.5. The van der Waals surface area contributed by atoms with Crippen molar-refractivity contribution in [3.63, 3.8) is 0 Å². The SMILES string of the molecule is Ic1ccc(CNC2CCN3CCCC23)cc1. The van der Waals surface area contributed by atoms with Crippen molar-refractivity contribution in [1.29, 1.82) is 0 Å². The Kier molecular flexibility index (Phi) is 3.68. The number of fused-ring (bicyclic) bond motifs is 1. The summed E-state index contributed by atoms with van der Waals surface area (Å²) in [7, 11) is 0. The number of benzene rings is 1. The Labute approximate surface area is 117 Å². The van der Waals surface area contributed by atoms with E-state index in [1.807, 2.05) is 0 Å². The van der Waals surface area contributed by atoms with Crippen LogP contribution >= 0.6 is 22.6 Å². The van der Waals surface area contributed by atoms with E-state index < -0.39 is 0 Å². The van der Waals surface area contributed by atoms with Crippen molar-refractivity contribution in [2.24, 2.45) is 0 Å². The van der Waals surface area contributed by atoms with Crippen molar-refractivity contribution in [2.45, 2.75) is 37.9 Å². The third kappa shape index (κ3) is 2.66. The fourth-order valence-electron chi connectivity index (χ4n) is 3.17. The molecule has 92 valence electrons. The lowest BCUT2D eigenvalue weighted by Gasteiger charge is -2.21. The Bertz CT molecular complexity index is 376. The summed E-state index contributed by atoms with van der Waals surface area (Å²) in [6.07, 6.45) is 4.12. The molecule has 0 radical (unpaired) electrons. The summed E-state index contributed by atoms with van der Waals surface area (Å²) in [5.41, 5.74) is 1.40. The lowest BCUT2D eigenvalue weighted by atomic mass is 10.1. The van der Waals surface area contributed by atoms with Crippen molar-refractivity contribution in [3.8, 4) is 0 Å². The molecule has 1 N–H and O–H groups in total. The minimum atomic E-state index is 0.719. The molecule has 2 aliphatic rings. The molecule has 2 fully saturated rings. The van der Waals surface area contributed by atoms with Crippen LogP contribution in [0.3, 0.4) is 0 Å². The summed E-state index contributed by atoms with van der Waals surface area (Å²) in [6.45, 7) is 3.65. The van der Waals surface area contributed by atoms with E-state index in [1.165, 1.54) is 41.5 Å². The molecule has 0 aliphatic carbocycles. The zero-order chi connectivity index (χ0) is 11.7. The molecule has 1 aromatic rings. The summed E-state index contributed by atoms with van der Waals surface area (Å²) in [5.74, 6) is 0. The van der Waals surface area contributed by atoms with Gasteiger partial charge >= 0.3 is 0 Å². The zero-order valence-corrected chi connectivity index (χ0v) is 12.2. The average molecular weight is 342 g/mol. The van der Waals surface area contributed by atoms with Crippen LogP contribution < -0.4 is 5.32 Å². The molecule has 3 heteroatoms. The molecule has 2 heterocycles. The smallest absolute Gasteiger partial charge is 0.0250 e. The highest BCUT2D eigenvalue weighted by atomic mass is 127. The monoisotopic (exact) mass is 342 g/mol. The summed E-state index contributed by atoms with van der Waals surface area (Å²) in [5, 5.41) is 3.74. The molecule has 0 amide bonds. The van der Waals surface area contributed by atoms with Gasteiger partial charge < -0.3 is 5.32 Å². The molecule has 2 unspecified atom stereocenters. The lowest BCUT2D eigenvalue weighted by Crippen LogP contribution is -2.38. The first kappa shape index (κ1) is 11.9. The van der Waals surface area contributed by atoms with Gasteiger partial charge in [-0.2, -0.15) is 0 Å². The maximum Gasteiger partial charge on any atom is 0.0250 e.